The first kappa shape index (κ1) is 11.5. The van der Waals surface area contributed by atoms with Crippen molar-refractivity contribution in [2.75, 3.05) is 0 Å². The maximum atomic E-state index is 3.82. The van der Waals surface area contributed by atoms with Crippen LogP contribution in [0.4, 0.5) is 0 Å². The van der Waals surface area contributed by atoms with Gasteiger partial charge in [0.15, 0.2) is 0 Å². The third-order valence-electron chi connectivity index (χ3n) is 2.27. The SMILES string of the molecule is C=Cc1ccccc1-c1ccccc1.[SiH4]. The Bertz CT molecular complexity index is 432. The van der Waals surface area contributed by atoms with Crippen LogP contribution < -0.4 is 0 Å². The normalized spacial score (nSPS) is 9.07. The van der Waals surface area contributed by atoms with Gasteiger partial charge in [-0.1, -0.05) is 67.3 Å². The molecule has 0 radical (unpaired) electrons. The molecular formula is C14H16Si. The average molecular weight is 212 g/mol. The maximum Gasteiger partial charge on any atom is -0.0112 e. The van der Waals surface area contributed by atoms with Gasteiger partial charge in [0, 0.05) is 0 Å². The number of benzene rings is 2. The van der Waals surface area contributed by atoms with Crippen molar-refractivity contribution in [3.8, 4) is 11.1 Å². The Labute approximate surface area is 95.3 Å². The molecule has 0 fully saturated rings. The zero-order valence-corrected chi connectivity index (χ0v) is 7.98. The Balaban J connectivity index is 0.00000112. The summed E-state index contributed by atoms with van der Waals surface area (Å²) in [4.78, 5) is 0. The van der Waals surface area contributed by atoms with Crippen molar-refractivity contribution in [3.05, 3.63) is 66.7 Å². The number of hydrogen-bond donors (Lipinski definition) is 0. The summed E-state index contributed by atoms with van der Waals surface area (Å²) in [5.74, 6) is 0. The monoisotopic (exact) mass is 212 g/mol. The molecule has 2 aromatic carbocycles. The molecule has 0 aromatic heterocycles. The van der Waals surface area contributed by atoms with Crippen molar-refractivity contribution in [1.29, 1.82) is 0 Å². The zero-order chi connectivity index (χ0) is 9.80. The molecule has 0 aliphatic carbocycles. The van der Waals surface area contributed by atoms with Gasteiger partial charge in [-0.25, -0.2) is 0 Å². The van der Waals surface area contributed by atoms with Crippen LogP contribution in [0.3, 0.4) is 0 Å². The highest BCUT2D eigenvalue weighted by molar-refractivity contribution is 5.75. The summed E-state index contributed by atoms with van der Waals surface area (Å²) in [6, 6.07) is 18.6. The molecule has 15 heavy (non-hydrogen) atoms. The van der Waals surface area contributed by atoms with E-state index in [2.05, 4.69) is 49.0 Å². The van der Waals surface area contributed by atoms with Crippen molar-refractivity contribution in [1.82, 2.24) is 0 Å². The Morgan fingerprint density at radius 3 is 2.07 bits per heavy atom. The molecule has 0 atom stereocenters. The van der Waals surface area contributed by atoms with Gasteiger partial charge in [-0.3, -0.25) is 0 Å². The van der Waals surface area contributed by atoms with Gasteiger partial charge in [-0.2, -0.15) is 0 Å². The second-order valence-corrected chi connectivity index (χ2v) is 3.16. The lowest BCUT2D eigenvalue weighted by Gasteiger charge is -2.04. The third kappa shape index (κ3) is 2.45. The van der Waals surface area contributed by atoms with Gasteiger partial charge >= 0.3 is 0 Å². The van der Waals surface area contributed by atoms with Crippen molar-refractivity contribution in [3.63, 3.8) is 0 Å². The van der Waals surface area contributed by atoms with E-state index in [1.54, 1.807) is 0 Å². The van der Waals surface area contributed by atoms with E-state index in [1.165, 1.54) is 16.7 Å². The largest absolute Gasteiger partial charge is 0.0984 e. The summed E-state index contributed by atoms with van der Waals surface area (Å²) >= 11 is 0. The van der Waals surface area contributed by atoms with Gasteiger partial charge in [-0.05, 0) is 27.7 Å². The van der Waals surface area contributed by atoms with Crippen LogP contribution in [0, 0.1) is 0 Å². The topological polar surface area (TPSA) is 0 Å². The summed E-state index contributed by atoms with van der Waals surface area (Å²) < 4.78 is 0. The van der Waals surface area contributed by atoms with Crippen molar-refractivity contribution >= 4 is 17.0 Å². The first-order chi connectivity index (χ1) is 6.92. The van der Waals surface area contributed by atoms with Gasteiger partial charge in [0.1, 0.15) is 0 Å². The van der Waals surface area contributed by atoms with Crippen LogP contribution in [-0.2, 0) is 0 Å². The Morgan fingerprint density at radius 1 is 0.800 bits per heavy atom. The highest BCUT2D eigenvalue weighted by Gasteiger charge is 1.99. The minimum atomic E-state index is 0. The summed E-state index contributed by atoms with van der Waals surface area (Å²) in [6.45, 7) is 3.82. The molecule has 0 aliphatic heterocycles. The highest BCUT2D eigenvalue weighted by atomic mass is 28.1. The molecule has 0 bridgehead atoms. The molecule has 0 saturated carbocycles. The van der Waals surface area contributed by atoms with Crippen molar-refractivity contribution in [2.45, 2.75) is 0 Å². The fraction of sp³-hybridized carbons (Fsp3) is 0. The molecular weight excluding hydrogens is 196 g/mol. The third-order valence-corrected chi connectivity index (χ3v) is 2.27. The van der Waals surface area contributed by atoms with E-state index in [-0.39, 0.29) is 11.0 Å². The van der Waals surface area contributed by atoms with E-state index < -0.39 is 0 Å². The first-order valence-electron chi connectivity index (χ1n) is 4.68. The summed E-state index contributed by atoms with van der Waals surface area (Å²) in [7, 11) is 0. The van der Waals surface area contributed by atoms with E-state index in [0.717, 1.165) is 0 Å². The lowest BCUT2D eigenvalue weighted by molar-refractivity contribution is 1.59. The Morgan fingerprint density at radius 2 is 1.40 bits per heavy atom. The molecule has 0 heterocycles. The Kier molecular flexibility index (Phi) is 4.07. The van der Waals surface area contributed by atoms with Gasteiger partial charge < -0.3 is 0 Å². The quantitative estimate of drug-likeness (QED) is 0.671. The molecule has 76 valence electrons. The van der Waals surface area contributed by atoms with Crippen molar-refractivity contribution in [2.24, 2.45) is 0 Å². The van der Waals surface area contributed by atoms with Gasteiger partial charge in [-0.15, -0.1) is 0 Å². The standard InChI is InChI=1S/C14H12.H4Si/c1-2-12-8-6-7-11-14(12)13-9-4-3-5-10-13;/h2-11H,1H2;1H4. The fourth-order valence-corrected chi connectivity index (χ4v) is 1.56. The van der Waals surface area contributed by atoms with Crippen LogP contribution in [0.15, 0.2) is 61.2 Å². The number of hydrogen-bond acceptors (Lipinski definition) is 0. The van der Waals surface area contributed by atoms with Crippen LogP contribution in [0.25, 0.3) is 17.2 Å². The molecule has 0 unspecified atom stereocenters. The molecule has 0 amide bonds. The molecule has 0 saturated heterocycles. The molecule has 0 spiro atoms. The average Bonchev–Trinajstić information content (AvgIpc) is 2.30. The molecule has 0 N–H and O–H groups in total. The maximum absolute atomic E-state index is 3.82. The van der Waals surface area contributed by atoms with Crippen LogP contribution in [-0.4, -0.2) is 11.0 Å². The van der Waals surface area contributed by atoms with Crippen molar-refractivity contribution < 1.29 is 0 Å². The predicted molar refractivity (Wildman–Crippen MR) is 73.3 cm³/mol. The smallest absolute Gasteiger partial charge is 0.0112 e. The zero-order valence-electron chi connectivity index (χ0n) is 7.98. The van der Waals surface area contributed by atoms with Crippen LogP contribution in [0.1, 0.15) is 5.56 Å². The van der Waals surface area contributed by atoms with E-state index in [1.807, 2.05) is 18.2 Å². The molecule has 2 aromatic rings. The minimum absolute atomic E-state index is 0. The highest BCUT2D eigenvalue weighted by Crippen LogP contribution is 2.23. The molecule has 1 heteroatoms. The number of rotatable bonds is 2. The van der Waals surface area contributed by atoms with Gasteiger partial charge in [0.05, 0.1) is 0 Å². The molecule has 0 aliphatic rings. The van der Waals surface area contributed by atoms with E-state index in [9.17, 15) is 0 Å². The second kappa shape index (κ2) is 5.32. The van der Waals surface area contributed by atoms with Gasteiger partial charge in [0.2, 0.25) is 0 Å². The van der Waals surface area contributed by atoms with Crippen LogP contribution >= 0.6 is 0 Å². The minimum Gasteiger partial charge on any atom is -0.0984 e. The van der Waals surface area contributed by atoms with E-state index in [4.69, 9.17) is 0 Å². The summed E-state index contributed by atoms with van der Waals surface area (Å²) in [5.41, 5.74) is 3.66. The molecule has 0 nitrogen and oxygen atoms in total. The van der Waals surface area contributed by atoms with E-state index in [0.29, 0.717) is 0 Å². The predicted octanol–water partition coefficient (Wildman–Crippen LogP) is 2.55. The van der Waals surface area contributed by atoms with Gasteiger partial charge in [0.25, 0.3) is 0 Å². The second-order valence-electron chi connectivity index (χ2n) is 3.16. The lowest BCUT2D eigenvalue weighted by atomic mass is 10.00. The lowest BCUT2D eigenvalue weighted by Crippen LogP contribution is -1.81. The van der Waals surface area contributed by atoms with Crippen LogP contribution in [0.5, 0.6) is 0 Å². The Hall–Kier alpha value is -1.60. The van der Waals surface area contributed by atoms with E-state index >= 15 is 0 Å². The summed E-state index contributed by atoms with van der Waals surface area (Å²) in [5, 5.41) is 0. The molecule has 2 rings (SSSR count). The first-order valence-corrected chi connectivity index (χ1v) is 4.68. The summed E-state index contributed by atoms with van der Waals surface area (Å²) in [6.07, 6.45) is 1.89. The fourth-order valence-electron chi connectivity index (χ4n) is 1.56. The van der Waals surface area contributed by atoms with Crippen LogP contribution in [0.2, 0.25) is 0 Å².